The quantitative estimate of drug-likeness (QED) is 0.897. The first kappa shape index (κ1) is 12.6. The second-order valence-corrected chi connectivity index (χ2v) is 5.23. The molecule has 0 aromatic carbocycles. The molecule has 2 rings (SSSR count). The van der Waals surface area contributed by atoms with Crippen molar-refractivity contribution in [1.82, 2.24) is 9.97 Å². The van der Waals surface area contributed by atoms with Gasteiger partial charge in [-0.05, 0) is 36.2 Å². The molecule has 0 saturated carbocycles. The number of nitrogens with zero attached hydrogens (tertiary/aromatic N) is 2. The summed E-state index contributed by atoms with van der Waals surface area (Å²) in [5, 5.41) is 6.46. The Kier molecular flexibility index (Phi) is 3.53. The first-order valence-corrected chi connectivity index (χ1v) is 6.44. The van der Waals surface area contributed by atoms with Gasteiger partial charge in [-0.2, -0.15) is 0 Å². The van der Waals surface area contributed by atoms with Crippen LogP contribution in [0.1, 0.15) is 20.3 Å². The summed E-state index contributed by atoms with van der Waals surface area (Å²) >= 11 is 3.50. The average Bonchev–Trinajstić information content (AvgIpc) is 2.62. The number of aromatic nitrogens is 2. The van der Waals surface area contributed by atoms with Gasteiger partial charge in [0.05, 0.1) is 11.6 Å². The molecule has 2 heterocycles. The fourth-order valence-corrected chi connectivity index (χ4v) is 2.40. The maximum absolute atomic E-state index is 5.60. The minimum atomic E-state index is -0.0815. The molecule has 0 amide bonds. The Labute approximate surface area is 110 Å². The Morgan fingerprint density at radius 3 is 2.76 bits per heavy atom. The zero-order valence-electron chi connectivity index (χ0n) is 10.2. The lowest BCUT2D eigenvalue weighted by atomic mass is 9.95. The van der Waals surface area contributed by atoms with Crippen molar-refractivity contribution in [1.29, 1.82) is 0 Å². The van der Waals surface area contributed by atoms with Crippen LogP contribution in [0.4, 0.5) is 11.6 Å². The van der Waals surface area contributed by atoms with E-state index in [2.05, 4.69) is 50.4 Å². The smallest absolute Gasteiger partial charge is 0.146 e. The lowest BCUT2D eigenvalue weighted by Gasteiger charge is -2.30. The van der Waals surface area contributed by atoms with Crippen LogP contribution >= 0.6 is 15.9 Å². The van der Waals surface area contributed by atoms with Crippen molar-refractivity contribution in [2.75, 3.05) is 24.3 Å². The van der Waals surface area contributed by atoms with Crippen molar-refractivity contribution in [2.45, 2.75) is 31.9 Å². The first-order valence-electron chi connectivity index (χ1n) is 5.65. The molecule has 1 aliphatic rings. The van der Waals surface area contributed by atoms with Crippen LogP contribution in [0.25, 0.3) is 0 Å². The number of nitrogens with one attached hydrogen (secondary N) is 2. The summed E-state index contributed by atoms with van der Waals surface area (Å²) in [5.74, 6) is 1.57. The standard InChI is InChI=1S/C11H17BrN4O/c1-7-11(2,4-5-17-7)16-10-8(12)9(13-3)14-6-15-10/h6-7H,4-5H2,1-3H3,(H2,13,14,15,16). The van der Waals surface area contributed by atoms with Crippen molar-refractivity contribution in [2.24, 2.45) is 0 Å². The normalized spacial score (nSPS) is 28.1. The monoisotopic (exact) mass is 300 g/mol. The Morgan fingerprint density at radius 1 is 1.47 bits per heavy atom. The minimum Gasteiger partial charge on any atom is -0.376 e. The summed E-state index contributed by atoms with van der Waals surface area (Å²) in [6.45, 7) is 5.01. The van der Waals surface area contributed by atoms with Crippen molar-refractivity contribution >= 4 is 27.6 Å². The van der Waals surface area contributed by atoms with Crippen LogP contribution in [0.3, 0.4) is 0 Å². The number of ether oxygens (including phenoxy) is 1. The molecule has 17 heavy (non-hydrogen) atoms. The topological polar surface area (TPSA) is 59.1 Å². The molecule has 1 saturated heterocycles. The highest BCUT2D eigenvalue weighted by Crippen LogP contribution is 2.33. The van der Waals surface area contributed by atoms with Crippen molar-refractivity contribution in [3.63, 3.8) is 0 Å². The van der Waals surface area contributed by atoms with E-state index < -0.39 is 0 Å². The van der Waals surface area contributed by atoms with Crippen molar-refractivity contribution < 1.29 is 4.74 Å². The third-order valence-corrected chi connectivity index (χ3v) is 4.07. The van der Waals surface area contributed by atoms with E-state index in [0.717, 1.165) is 29.1 Å². The Morgan fingerprint density at radius 2 is 2.18 bits per heavy atom. The molecule has 1 fully saturated rings. The Hall–Kier alpha value is -0.880. The second kappa shape index (κ2) is 4.78. The third kappa shape index (κ3) is 2.37. The van der Waals surface area contributed by atoms with Gasteiger partial charge in [-0.25, -0.2) is 9.97 Å². The van der Waals surface area contributed by atoms with E-state index in [0.29, 0.717) is 0 Å². The van der Waals surface area contributed by atoms with E-state index in [-0.39, 0.29) is 11.6 Å². The predicted octanol–water partition coefficient (Wildman–Crippen LogP) is 2.26. The predicted molar refractivity (Wildman–Crippen MR) is 71.3 cm³/mol. The number of hydrogen-bond acceptors (Lipinski definition) is 5. The van der Waals surface area contributed by atoms with Crippen LogP contribution in [-0.2, 0) is 4.74 Å². The molecular formula is C11H17BrN4O. The van der Waals surface area contributed by atoms with Gasteiger partial charge in [-0.1, -0.05) is 0 Å². The fraction of sp³-hybridized carbons (Fsp3) is 0.636. The highest BCUT2D eigenvalue weighted by atomic mass is 79.9. The van der Waals surface area contributed by atoms with Gasteiger partial charge >= 0.3 is 0 Å². The molecule has 2 atom stereocenters. The molecule has 1 aromatic heterocycles. The summed E-state index contributed by atoms with van der Waals surface area (Å²) in [4.78, 5) is 8.40. The zero-order chi connectivity index (χ0) is 12.5. The molecule has 0 spiro atoms. The Balaban J connectivity index is 2.24. The molecule has 0 aliphatic carbocycles. The van der Waals surface area contributed by atoms with Gasteiger partial charge in [0, 0.05) is 13.7 Å². The third-order valence-electron chi connectivity index (χ3n) is 3.32. The average molecular weight is 301 g/mol. The van der Waals surface area contributed by atoms with Gasteiger partial charge in [-0.15, -0.1) is 0 Å². The van der Waals surface area contributed by atoms with Crippen LogP contribution < -0.4 is 10.6 Å². The number of hydrogen-bond donors (Lipinski definition) is 2. The largest absolute Gasteiger partial charge is 0.376 e. The second-order valence-electron chi connectivity index (χ2n) is 4.44. The van der Waals surface area contributed by atoms with Crippen LogP contribution in [0.15, 0.2) is 10.8 Å². The lowest BCUT2D eigenvalue weighted by Crippen LogP contribution is -2.41. The van der Waals surface area contributed by atoms with E-state index in [4.69, 9.17) is 4.74 Å². The van der Waals surface area contributed by atoms with E-state index >= 15 is 0 Å². The molecule has 2 N–H and O–H groups in total. The van der Waals surface area contributed by atoms with Crippen molar-refractivity contribution in [3.8, 4) is 0 Å². The molecule has 1 aromatic rings. The maximum Gasteiger partial charge on any atom is 0.146 e. The first-order chi connectivity index (χ1) is 8.07. The van der Waals surface area contributed by atoms with Crippen LogP contribution in [0.2, 0.25) is 0 Å². The number of anilines is 2. The summed E-state index contributed by atoms with van der Waals surface area (Å²) in [7, 11) is 1.83. The SMILES string of the molecule is CNc1ncnc(NC2(C)CCOC2C)c1Br. The molecule has 94 valence electrons. The molecule has 2 unspecified atom stereocenters. The highest BCUT2D eigenvalue weighted by Gasteiger charge is 2.37. The zero-order valence-corrected chi connectivity index (χ0v) is 11.8. The van der Waals surface area contributed by atoms with Crippen LogP contribution in [0, 0.1) is 0 Å². The van der Waals surface area contributed by atoms with E-state index in [1.807, 2.05) is 7.05 Å². The van der Waals surface area contributed by atoms with E-state index in [9.17, 15) is 0 Å². The number of halogens is 1. The number of rotatable bonds is 3. The Bertz CT molecular complexity index is 414. The van der Waals surface area contributed by atoms with Gasteiger partial charge in [0.1, 0.15) is 22.4 Å². The maximum atomic E-state index is 5.60. The van der Waals surface area contributed by atoms with Gasteiger partial charge in [0.25, 0.3) is 0 Å². The minimum absolute atomic E-state index is 0.0815. The highest BCUT2D eigenvalue weighted by molar-refractivity contribution is 9.10. The molecular weight excluding hydrogens is 284 g/mol. The molecule has 5 nitrogen and oxygen atoms in total. The molecule has 0 bridgehead atoms. The van der Waals surface area contributed by atoms with Gasteiger partial charge < -0.3 is 15.4 Å². The van der Waals surface area contributed by atoms with Gasteiger partial charge in [0.2, 0.25) is 0 Å². The van der Waals surface area contributed by atoms with Gasteiger partial charge in [-0.3, -0.25) is 0 Å². The van der Waals surface area contributed by atoms with E-state index in [1.54, 1.807) is 6.33 Å². The molecule has 6 heteroatoms. The summed E-state index contributed by atoms with van der Waals surface area (Å²) < 4.78 is 6.45. The summed E-state index contributed by atoms with van der Waals surface area (Å²) in [6.07, 6.45) is 2.69. The summed E-state index contributed by atoms with van der Waals surface area (Å²) in [6, 6.07) is 0. The van der Waals surface area contributed by atoms with Crippen molar-refractivity contribution in [3.05, 3.63) is 10.8 Å². The fourth-order valence-electron chi connectivity index (χ4n) is 1.90. The van der Waals surface area contributed by atoms with Crippen LogP contribution in [0.5, 0.6) is 0 Å². The molecule has 1 aliphatic heterocycles. The molecule has 0 radical (unpaired) electrons. The van der Waals surface area contributed by atoms with E-state index in [1.165, 1.54) is 0 Å². The lowest BCUT2D eigenvalue weighted by molar-refractivity contribution is 0.105. The van der Waals surface area contributed by atoms with Crippen LogP contribution in [-0.4, -0.2) is 35.3 Å². The summed E-state index contributed by atoms with van der Waals surface area (Å²) in [5.41, 5.74) is -0.0815. The van der Waals surface area contributed by atoms with Gasteiger partial charge in [0.15, 0.2) is 0 Å².